The van der Waals surface area contributed by atoms with Crippen molar-refractivity contribution in [3.8, 4) is 0 Å². The number of carbonyl (C=O) groups is 1. The molecule has 2 heterocycles. The van der Waals surface area contributed by atoms with Crippen LogP contribution in [0.5, 0.6) is 0 Å². The monoisotopic (exact) mass is 259 g/mol. The highest BCUT2D eigenvalue weighted by atomic mass is 35.5. The Morgan fingerprint density at radius 3 is 3.00 bits per heavy atom. The van der Waals surface area contributed by atoms with Crippen LogP contribution in [0.3, 0.4) is 0 Å². The molecule has 0 aromatic carbocycles. The lowest BCUT2D eigenvalue weighted by atomic mass is 10.1. The third kappa shape index (κ3) is 2.57. The SMILES string of the molecule is O=C1NCCC[C@H]1Nc1ncc(Cl)cc1Cl. The van der Waals surface area contributed by atoms with E-state index >= 15 is 0 Å². The molecular weight excluding hydrogens is 249 g/mol. The lowest BCUT2D eigenvalue weighted by Crippen LogP contribution is -2.44. The average molecular weight is 260 g/mol. The van der Waals surface area contributed by atoms with E-state index in [1.165, 1.54) is 6.20 Å². The van der Waals surface area contributed by atoms with Crippen molar-refractivity contribution in [2.24, 2.45) is 0 Å². The summed E-state index contributed by atoms with van der Waals surface area (Å²) in [5.74, 6) is 0.479. The second-order valence-electron chi connectivity index (χ2n) is 3.61. The molecule has 0 radical (unpaired) electrons. The van der Waals surface area contributed by atoms with Gasteiger partial charge in [0.15, 0.2) is 0 Å². The molecule has 0 aliphatic carbocycles. The average Bonchev–Trinajstić information content (AvgIpc) is 2.25. The number of rotatable bonds is 2. The van der Waals surface area contributed by atoms with E-state index in [1.54, 1.807) is 6.07 Å². The Morgan fingerprint density at radius 1 is 1.50 bits per heavy atom. The molecule has 86 valence electrons. The largest absolute Gasteiger partial charge is 0.357 e. The van der Waals surface area contributed by atoms with Crippen molar-refractivity contribution in [1.82, 2.24) is 10.3 Å². The zero-order chi connectivity index (χ0) is 11.5. The fourth-order valence-electron chi connectivity index (χ4n) is 1.60. The molecule has 16 heavy (non-hydrogen) atoms. The van der Waals surface area contributed by atoms with Gasteiger partial charge in [0.2, 0.25) is 5.91 Å². The lowest BCUT2D eigenvalue weighted by Gasteiger charge is -2.23. The lowest BCUT2D eigenvalue weighted by molar-refractivity contribution is -0.123. The minimum Gasteiger partial charge on any atom is -0.357 e. The van der Waals surface area contributed by atoms with Crippen LogP contribution < -0.4 is 10.6 Å². The van der Waals surface area contributed by atoms with Gasteiger partial charge in [-0.05, 0) is 18.9 Å². The van der Waals surface area contributed by atoms with Crippen LogP contribution in [0.1, 0.15) is 12.8 Å². The van der Waals surface area contributed by atoms with Gasteiger partial charge < -0.3 is 10.6 Å². The van der Waals surface area contributed by atoms with E-state index in [4.69, 9.17) is 23.2 Å². The van der Waals surface area contributed by atoms with E-state index in [0.717, 1.165) is 19.4 Å². The Bertz CT molecular complexity index is 411. The molecule has 1 atom stereocenters. The summed E-state index contributed by atoms with van der Waals surface area (Å²) in [4.78, 5) is 15.6. The summed E-state index contributed by atoms with van der Waals surface area (Å²) in [6.07, 6.45) is 3.23. The number of nitrogens with zero attached hydrogens (tertiary/aromatic N) is 1. The third-order valence-electron chi connectivity index (χ3n) is 2.40. The number of nitrogens with one attached hydrogen (secondary N) is 2. The van der Waals surface area contributed by atoms with Crippen LogP contribution in [0.15, 0.2) is 12.3 Å². The van der Waals surface area contributed by atoms with Gasteiger partial charge in [-0.2, -0.15) is 0 Å². The number of hydrogen-bond acceptors (Lipinski definition) is 3. The highest BCUT2D eigenvalue weighted by Crippen LogP contribution is 2.24. The number of carbonyl (C=O) groups excluding carboxylic acids is 1. The Labute approximate surface area is 103 Å². The predicted molar refractivity (Wildman–Crippen MR) is 63.9 cm³/mol. The number of piperidine rings is 1. The van der Waals surface area contributed by atoms with Gasteiger partial charge in [0.1, 0.15) is 11.9 Å². The van der Waals surface area contributed by atoms with E-state index in [2.05, 4.69) is 15.6 Å². The molecule has 4 nitrogen and oxygen atoms in total. The molecule has 1 aromatic rings. The van der Waals surface area contributed by atoms with Gasteiger partial charge in [0.25, 0.3) is 0 Å². The van der Waals surface area contributed by atoms with Crippen LogP contribution in [-0.2, 0) is 4.79 Å². The van der Waals surface area contributed by atoms with Crippen LogP contribution in [0.25, 0.3) is 0 Å². The van der Waals surface area contributed by atoms with Gasteiger partial charge in [0, 0.05) is 12.7 Å². The first-order valence-electron chi connectivity index (χ1n) is 5.02. The minimum absolute atomic E-state index is 0.0148. The smallest absolute Gasteiger partial charge is 0.242 e. The van der Waals surface area contributed by atoms with Gasteiger partial charge in [0.05, 0.1) is 10.0 Å². The molecule has 1 aromatic heterocycles. The van der Waals surface area contributed by atoms with Crippen molar-refractivity contribution in [3.05, 3.63) is 22.3 Å². The topological polar surface area (TPSA) is 54.0 Å². The Kier molecular flexibility index (Phi) is 3.51. The number of pyridine rings is 1. The quantitative estimate of drug-likeness (QED) is 0.855. The fourth-order valence-corrected chi connectivity index (χ4v) is 2.03. The second kappa shape index (κ2) is 4.89. The van der Waals surface area contributed by atoms with Crippen molar-refractivity contribution >= 4 is 34.9 Å². The third-order valence-corrected chi connectivity index (χ3v) is 2.90. The number of halogens is 2. The number of aromatic nitrogens is 1. The maximum atomic E-state index is 11.5. The fraction of sp³-hybridized carbons (Fsp3) is 0.400. The van der Waals surface area contributed by atoms with E-state index in [0.29, 0.717) is 15.9 Å². The van der Waals surface area contributed by atoms with Gasteiger partial charge in [-0.3, -0.25) is 4.79 Å². The van der Waals surface area contributed by atoms with Gasteiger partial charge in [-0.15, -0.1) is 0 Å². The highest BCUT2D eigenvalue weighted by Gasteiger charge is 2.22. The van der Waals surface area contributed by atoms with Crippen LogP contribution >= 0.6 is 23.2 Å². The first-order valence-corrected chi connectivity index (χ1v) is 5.78. The van der Waals surface area contributed by atoms with Crippen LogP contribution in [0, 0.1) is 0 Å². The molecule has 0 spiro atoms. The van der Waals surface area contributed by atoms with Gasteiger partial charge in [-0.1, -0.05) is 23.2 Å². The summed E-state index contributed by atoms with van der Waals surface area (Å²) >= 11 is 11.7. The summed E-state index contributed by atoms with van der Waals surface area (Å²) in [7, 11) is 0. The number of anilines is 1. The molecule has 1 saturated heterocycles. The summed E-state index contributed by atoms with van der Waals surface area (Å²) in [6.45, 7) is 0.735. The number of amides is 1. The molecule has 2 N–H and O–H groups in total. The molecule has 0 unspecified atom stereocenters. The van der Waals surface area contributed by atoms with E-state index in [1.807, 2.05) is 0 Å². The first-order chi connectivity index (χ1) is 7.66. The van der Waals surface area contributed by atoms with E-state index < -0.39 is 0 Å². The Hall–Kier alpha value is -1.000. The molecule has 0 saturated carbocycles. The normalized spacial score (nSPS) is 20.4. The zero-order valence-electron chi connectivity index (χ0n) is 8.46. The van der Waals surface area contributed by atoms with E-state index in [-0.39, 0.29) is 11.9 Å². The maximum absolute atomic E-state index is 11.5. The summed E-state index contributed by atoms with van der Waals surface area (Å²) in [5.41, 5.74) is 0. The van der Waals surface area contributed by atoms with Crippen molar-refractivity contribution in [2.45, 2.75) is 18.9 Å². The Balaban J connectivity index is 2.10. The molecule has 1 aliphatic heterocycles. The summed E-state index contributed by atoms with van der Waals surface area (Å²) in [5, 5.41) is 6.69. The summed E-state index contributed by atoms with van der Waals surface area (Å²) in [6, 6.07) is 1.33. The van der Waals surface area contributed by atoms with Gasteiger partial charge >= 0.3 is 0 Å². The molecular formula is C10H11Cl2N3O. The second-order valence-corrected chi connectivity index (χ2v) is 4.46. The first kappa shape index (κ1) is 11.5. The number of hydrogen-bond donors (Lipinski definition) is 2. The molecule has 6 heteroatoms. The van der Waals surface area contributed by atoms with Crippen molar-refractivity contribution in [2.75, 3.05) is 11.9 Å². The van der Waals surface area contributed by atoms with Crippen molar-refractivity contribution < 1.29 is 4.79 Å². The minimum atomic E-state index is -0.264. The van der Waals surface area contributed by atoms with Crippen molar-refractivity contribution in [1.29, 1.82) is 0 Å². The van der Waals surface area contributed by atoms with Crippen LogP contribution in [0.2, 0.25) is 10.0 Å². The van der Waals surface area contributed by atoms with Crippen LogP contribution in [0.4, 0.5) is 5.82 Å². The summed E-state index contributed by atoms with van der Waals surface area (Å²) < 4.78 is 0. The molecule has 2 rings (SSSR count). The van der Waals surface area contributed by atoms with Crippen molar-refractivity contribution in [3.63, 3.8) is 0 Å². The highest BCUT2D eigenvalue weighted by molar-refractivity contribution is 6.36. The van der Waals surface area contributed by atoms with Gasteiger partial charge in [-0.25, -0.2) is 4.98 Å². The zero-order valence-corrected chi connectivity index (χ0v) is 9.98. The standard InChI is InChI=1S/C10H11Cl2N3O/c11-6-4-7(12)9(14-5-6)15-8-2-1-3-13-10(8)16/h4-5,8H,1-3H2,(H,13,16)(H,14,15)/t8-/m1/s1. The molecule has 1 amide bonds. The Morgan fingerprint density at radius 2 is 2.31 bits per heavy atom. The molecule has 0 bridgehead atoms. The maximum Gasteiger partial charge on any atom is 0.242 e. The molecule has 1 fully saturated rings. The van der Waals surface area contributed by atoms with Crippen LogP contribution in [-0.4, -0.2) is 23.5 Å². The molecule has 1 aliphatic rings. The van der Waals surface area contributed by atoms with E-state index in [9.17, 15) is 4.79 Å². The predicted octanol–water partition coefficient (Wildman–Crippen LogP) is 2.08.